The van der Waals surface area contributed by atoms with Gasteiger partial charge in [-0.25, -0.2) is 0 Å². The second-order valence-electron chi connectivity index (χ2n) is 3.91. The van der Waals surface area contributed by atoms with Crippen molar-refractivity contribution in [1.82, 2.24) is 9.78 Å². The van der Waals surface area contributed by atoms with Crippen LogP contribution in [0.4, 0.5) is 0 Å². The van der Waals surface area contributed by atoms with Crippen LogP contribution in [0.5, 0.6) is 0 Å². The highest BCUT2D eigenvalue weighted by atomic mass is 79.9. The molecule has 3 heteroatoms. The Hall–Kier alpha value is -0.310. The van der Waals surface area contributed by atoms with Gasteiger partial charge in [0.05, 0.1) is 5.69 Å². The minimum absolute atomic E-state index is 0.745. The molecule has 0 aliphatic carbocycles. The van der Waals surface area contributed by atoms with E-state index in [2.05, 4.69) is 34.0 Å². The molecule has 0 spiro atoms. The van der Waals surface area contributed by atoms with E-state index in [-0.39, 0.29) is 0 Å². The zero-order valence-corrected chi connectivity index (χ0v) is 10.8. The number of hydrogen-bond donors (Lipinski definition) is 0. The molecule has 0 aliphatic heterocycles. The molecule has 0 N–H and O–H groups in total. The van der Waals surface area contributed by atoms with Gasteiger partial charge in [0, 0.05) is 18.1 Å². The second-order valence-corrected chi connectivity index (χ2v) is 4.56. The van der Waals surface area contributed by atoms with E-state index >= 15 is 0 Å². The topological polar surface area (TPSA) is 17.8 Å². The normalized spacial score (nSPS) is 13.1. The molecule has 0 bridgehead atoms. The van der Waals surface area contributed by atoms with Crippen molar-refractivity contribution in [3.05, 3.63) is 17.5 Å². The Morgan fingerprint density at radius 3 is 2.71 bits per heavy atom. The molecule has 14 heavy (non-hydrogen) atoms. The van der Waals surface area contributed by atoms with Gasteiger partial charge in [-0.2, -0.15) is 5.10 Å². The molecule has 0 saturated carbocycles. The first-order valence-electron chi connectivity index (χ1n) is 5.22. The Labute approximate surface area is 94.8 Å². The lowest BCUT2D eigenvalue weighted by Gasteiger charge is -2.12. The van der Waals surface area contributed by atoms with Crippen molar-refractivity contribution < 1.29 is 0 Å². The van der Waals surface area contributed by atoms with E-state index in [0.717, 1.165) is 23.4 Å². The third kappa shape index (κ3) is 3.12. The maximum Gasteiger partial charge on any atom is 0.0596 e. The molecular weight excluding hydrogens is 240 g/mol. The molecule has 1 aromatic heterocycles. The fourth-order valence-electron chi connectivity index (χ4n) is 1.79. The van der Waals surface area contributed by atoms with E-state index < -0.39 is 0 Å². The second kappa shape index (κ2) is 5.54. The van der Waals surface area contributed by atoms with Gasteiger partial charge in [0.2, 0.25) is 0 Å². The van der Waals surface area contributed by atoms with Crippen LogP contribution in [0.2, 0.25) is 0 Å². The minimum atomic E-state index is 0.745. The van der Waals surface area contributed by atoms with Crippen molar-refractivity contribution in [2.75, 3.05) is 5.33 Å². The summed E-state index contributed by atoms with van der Waals surface area (Å²) in [6.45, 7) is 4.29. The lowest BCUT2D eigenvalue weighted by atomic mass is 10.0. The van der Waals surface area contributed by atoms with E-state index in [9.17, 15) is 0 Å². The summed E-state index contributed by atoms with van der Waals surface area (Å²) in [5.74, 6) is 0.745. The Bertz CT molecular complexity index is 281. The van der Waals surface area contributed by atoms with E-state index in [0.29, 0.717) is 0 Å². The summed E-state index contributed by atoms with van der Waals surface area (Å²) in [7, 11) is 2.03. The monoisotopic (exact) mass is 258 g/mol. The smallest absolute Gasteiger partial charge is 0.0596 e. The van der Waals surface area contributed by atoms with Gasteiger partial charge >= 0.3 is 0 Å². The van der Waals surface area contributed by atoms with E-state index in [1.165, 1.54) is 18.5 Å². The van der Waals surface area contributed by atoms with E-state index in [1.807, 2.05) is 18.7 Å². The molecule has 1 unspecified atom stereocenters. The van der Waals surface area contributed by atoms with Crippen molar-refractivity contribution >= 4 is 15.9 Å². The standard InChI is InChI=1S/C11H19BrN2/c1-4-5-10(8-12)7-11-6-9(2)13-14(11)3/h6,10H,4-5,7-8H2,1-3H3. The number of halogens is 1. The highest BCUT2D eigenvalue weighted by Gasteiger charge is 2.10. The average Bonchev–Trinajstić information content (AvgIpc) is 2.44. The van der Waals surface area contributed by atoms with Gasteiger partial charge in [-0.05, 0) is 31.7 Å². The Balaban J connectivity index is 2.61. The minimum Gasteiger partial charge on any atom is -0.272 e. The van der Waals surface area contributed by atoms with Gasteiger partial charge in [0.15, 0.2) is 0 Å². The summed E-state index contributed by atoms with van der Waals surface area (Å²) in [4.78, 5) is 0. The highest BCUT2D eigenvalue weighted by molar-refractivity contribution is 9.09. The van der Waals surface area contributed by atoms with Crippen LogP contribution >= 0.6 is 15.9 Å². The van der Waals surface area contributed by atoms with Crippen LogP contribution in [-0.2, 0) is 13.5 Å². The summed E-state index contributed by atoms with van der Waals surface area (Å²) in [6, 6.07) is 2.19. The Kier molecular flexibility index (Phi) is 4.66. The molecule has 1 heterocycles. The van der Waals surface area contributed by atoms with Crippen molar-refractivity contribution in [2.24, 2.45) is 13.0 Å². The SMILES string of the molecule is CCCC(CBr)Cc1cc(C)nn1C. The molecular formula is C11H19BrN2. The number of hydrogen-bond acceptors (Lipinski definition) is 1. The lowest BCUT2D eigenvalue weighted by molar-refractivity contribution is 0.513. The van der Waals surface area contributed by atoms with Gasteiger partial charge in [0.1, 0.15) is 0 Å². The predicted octanol–water partition coefficient (Wildman–Crippen LogP) is 3.08. The van der Waals surface area contributed by atoms with Crippen LogP contribution in [0.25, 0.3) is 0 Å². The molecule has 1 atom stereocenters. The summed E-state index contributed by atoms with van der Waals surface area (Å²) in [5.41, 5.74) is 2.47. The van der Waals surface area contributed by atoms with E-state index in [1.54, 1.807) is 0 Å². The number of aryl methyl sites for hydroxylation is 2. The van der Waals surface area contributed by atoms with Crippen molar-refractivity contribution in [3.8, 4) is 0 Å². The van der Waals surface area contributed by atoms with Crippen LogP contribution < -0.4 is 0 Å². The van der Waals surface area contributed by atoms with Crippen LogP contribution in [0, 0.1) is 12.8 Å². The highest BCUT2D eigenvalue weighted by Crippen LogP contribution is 2.16. The molecule has 0 amide bonds. The summed E-state index contributed by atoms with van der Waals surface area (Å²) in [5, 5.41) is 5.45. The first kappa shape index (κ1) is 11.8. The van der Waals surface area contributed by atoms with Crippen LogP contribution in [0.1, 0.15) is 31.2 Å². The average molecular weight is 259 g/mol. The third-order valence-electron chi connectivity index (χ3n) is 2.51. The third-order valence-corrected chi connectivity index (χ3v) is 3.43. The molecule has 80 valence electrons. The molecule has 0 fully saturated rings. The van der Waals surface area contributed by atoms with Crippen LogP contribution in [0.15, 0.2) is 6.07 Å². The molecule has 1 aromatic rings. The fraction of sp³-hybridized carbons (Fsp3) is 0.727. The first-order chi connectivity index (χ1) is 6.67. The summed E-state index contributed by atoms with van der Waals surface area (Å²) < 4.78 is 2.00. The van der Waals surface area contributed by atoms with E-state index in [4.69, 9.17) is 0 Å². The van der Waals surface area contributed by atoms with Crippen LogP contribution in [-0.4, -0.2) is 15.1 Å². The summed E-state index contributed by atoms with van der Waals surface area (Å²) >= 11 is 3.58. The molecule has 0 saturated heterocycles. The zero-order valence-electron chi connectivity index (χ0n) is 9.26. The molecule has 0 aliphatic rings. The van der Waals surface area contributed by atoms with Gasteiger partial charge in [-0.15, -0.1) is 0 Å². The Morgan fingerprint density at radius 1 is 1.57 bits per heavy atom. The quantitative estimate of drug-likeness (QED) is 0.743. The molecule has 2 nitrogen and oxygen atoms in total. The van der Waals surface area contributed by atoms with Gasteiger partial charge in [-0.1, -0.05) is 29.3 Å². The fourth-order valence-corrected chi connectivity index (χ4v) is 2.35. The van der Waals surface area contributed by atoms with Crippen molar-refractivity contribution in [3.63, 3.8) is 0 Å². The first-order valence-corrected chi connectivity index (χ1v) is 6.35. The van der Waals surface area contributed by atoms with Gasteiger partial charge in [-0.3, -0.25) is 4.68 Å². The maximum absolute atomic E-state index is 4.36. The molecule has 0 aromatic carbocycles. The molecule has 1 rings (SSSR count). The number of rotatable bonds is 5. The van der Waals surface area contributed by atoms with Crippen LogP contribution in [0.3, 0.4) is 0 Å². The van der Waals surface area contributed by atoms with Crippen molar-refractivity contribution in [2.45, 2.75) is 33.1 Å². The maximum atomic E-state index is 4.36. The number of alkyl halides is 1. The zero-order chi connectivity index (χ0) is 10.6. The number of aromatic nitrogens is 2. The largest absolute Gasteiger partial charge is 0.272 e. The molecule has 0 radical (unpaired) electrons. The lowest BCUT2D eigenvalue weighted by Crippen LogP contribution is -2.09. The van der Waals surface area contributed by atoms with Crippen molar-refractivity contribution in [1.29, 1.82) is 0 Å². The van der Waals surface area contributed by atoms with Gasteiger partial charge < -0.3 is 0 Å². The predicted molar refractivity (Wildman–Crippen MR) is 63.8 cm³/mol. The van der Waals surface area contributed by atoms with Gasteiger partial charge in [0.25, 0.3) is 0 Å². The summed E-state index contributed by atoms with van der Waals surface area (Å²) in [6.07, 6.45) is 3.68. The Morgan fingerprint density at radius 2 is 2.29 bits per heavy atom. The number of nitrogens with zero attached hydrogens (tertiary/aromatic N) is 2.